The van der Waals surface area contributed by atoms with Crippen LogP contribution in [0.2, 0.25) is 0 Å². The monoisotopic (exact) mass is 422 g/mol. The van der Waals surface area contributed by atoms with Gasteiger partial charge in [0.15, 0.2) is 23.3 Å². The molecule has 1 atom stereocenters. The number of rotatable bonds is 5. The Labute approximate surface area is 170 Å². The molecule has 2 aliphatic rings. The highest BCUT2D eigenvalue weighted by atomic mass is 19.2. The van der Waals surface area contributed by atoms with Gasteiger partial charge in [0.2, 0.25) is 5.91 Å². The van der Waals surface area contributed by atoms with Gasteiger partial charge < -0.3 is 20.1 Å². The number of halogens is 3. The van der Waals surface area contributed by atoms with Gasteiger partial charge in [-0.3, -0.25) is 4.79 Å². The van der Waals surface area contributed by atoms with E-state index in [0.29, 0.717) is 42.3 Å². The average molecular weight is 422 g/mol. The second-order valence-electron chi connectivity index (χ2n) is 7.70. The molecule has 30 heavy (non-hydrogen) atoms. The first kappa shape index (κ1) is 20.4. The molecule has 0 radical (unpaired) electrons. The molecule has 1 aliphatic carbocycles. The number of aliphatic hydroxyl groups is 1. The molecule has 1 aliphatic heterocycles. The Balaban J connectivity index is 1.40. The van der Waals surface area contributed by atoms with Gasteiger partial charge in [-0.05, 0) is 25.7 Å². The highest BCUT2D eigenvalue weighted by Gasteiger charge is 2.35. The summed E-state index contributed by atoms with van der Waals surface area (Å²) in [6.07, 6.45) is 1.64. The quantitative estimate of drug-likeness (QED) is 0.720. The summed E-state index contributed by atoms with van der Waals surface area (Å²) in [4.78, 5) is 22.7. The summed E-state index contributed by atoms with van der Waals surface area (Å²) in [5.74, 6) is -3.04. The number of carbonyl (C=O) groups excluding carboxylic acids is 1. The lowest BCUT2D eigenvalue weighted by Gasteiger charge is -2.36. The third-order valence-electron chi connectivity index (χ3n) is 5.57. The van der Waals surface area contributed by atoms with Crippen molar-refractivity contribution in [2.24, 2.45) is 5.92 Å². The first-order valence-electron chi connectivity index (χ1n) is 9.60. The standard InChI is InChI=1S/C20H21F3N4O3/c1-9-18-19(27(2)15(8-28)20(29)26-18)25-16(24-9)5-10-3-11(4-10)30-12-6-13(21)17(23)14(22)7-12/h6-7,10-11,15,28H,3-5,8H2,1-2H3,(H,26,29)/t10?,11?,15-/m0/s1. The maximum Gasteiger partial charge on any atom is 0.249 e. The van der Waals surface area contributed by atoms with Crippen molar-refractivity contribution in [1.82, 2.24) is 9.97 Å². The van der Waals surface area contributed by atoms with E-state index in [2.05, 4.69) is 15.3 Å². The summed E-state index contributed by atoms with van der Waals surface area (Å²) in [6, 6.07) is 0.963. The summed E-state index contributed by atoms with van der Waals surface area (Å²) in [7, 11) is 1.70. The number of hydrogen-bond acceptors (Lipinski definition) is 6. The van der Waals surface area contributed by atoms with Gasteiger partial charge in [0.05, 0.1) is 18.4 Å². The molecular formula is C20H21F3N4O3. The van der Waals surface area contributed by atoms with Gasteiger partial charge in [0.1, 0.15) is 23.3 Å². The molecule has 1 amide bonds. The van der Waals surface area contributed by atoms with Crippen LogP contribution in [0, 0.1) is 30.3 Å². The second kappa shape index (κ2) is 7.75. The van der Waals surface area contributed by atoms with E-state index in [1.165, 1.54) is 0 Å². The number of nitrogens with zero attached hydrogens (tertiary/aromatic N) is 3. The smallest absolute Gasteiger partial charge is 0.249 e. The lowest BCUT2D eigenvalue weighted by Crippen LogP contribution is -2.49. The predicted molar refractivity (Wildman–Crippen MR) is 102 cm³/mol. The number of benzene rings is 1. The van der Waals surface area contributed by atoms with Crippen LogP contribution in [0.25, 0.3) is 0 Å². The van der Waals surface area contributed by atoms with Gasteiger partial charge in [-0.15, -0.1) is 0 Å². The van der Waals surface area contributed by atoms with E-state index >= 15 is 0 Å². The molecule has 0 bridgehead atoms. The molecule has 1 fully saturated rings. The van der Waals surface area contributed by atoms with Crippen LogP contribution < -0.4 is 15.0 Å². The molecule has 2 aromatic rings. The molecule has 7 nitrogen and oxygen atoms in total. The minimum absolute atomic E-state index is 0.0388. The van der Waals surface area contributed by atoms with Crippen LogP contribution in [-0.4, -0.2) is 46.8 Å². The molecule has 10 heteroatoms. The second-order valence-corrected chi connectivity index (χ2v) is 7.70. The number of anilines is 2. The molecule has 2 N–H and O–H groups in total. The molecule has 1 aromatic heterocycles. The fraction of sp³-hybridized carbons (Fsp3) is 0.450. The molecule has 0 spiro atoms. The summed E-state index contributed by atoms with van der Waals surface area (Å²) in [5.41, 5.74) is 1.17. The number of aryl methyl sites for hydroxylation is 1. The van der Waals surface area contributed by atoms with Gasteiger partial charge in [-0.25, -0.2) is 23.1 Å². The SMILES string of the molecule is Cc1nc(CC2CC(Oc3cc(F)c(F)c(F)c3)C2)nc2c1NC(=O)[C@H](CO)N2C. The van der Waals surface area contributed by atoms with E-state index < -0.39 is 23.5 Å². The Hall–Kier alpha value is -2.88. The lowest BCUT2D eigenvalue weighted by molar-refractivity contribution is -0.118. The highest BCUT2D eigenvalue weighted by molar-refractivity contribution is 6.03. The number of fused-ring (bicyclic) bond motifs is 1. The van der Waals surface area contributed by atoms with Crippen LogP contribution in [0.5, 0.6) is 5.75 Å². The molecule has 0 saturated heterocycles. The maximum atomic E-state index is 13.3. The van der Waals surface area contributed by atoms with Crippen molar-refractivity contribution in [2.45, 2.75) is 38.3 Å². The first-order valence-corrected chi connectivity index (χ1v) is 9.60. The number of nitrogens with one attached hydrogen (secondary N) is 1. The summed E-state index contributed by atoms with van der Waals surface area (Å²) in [6.45, 7) is 1.45. The molecular weight excluding hydrogens is 401 g/mol. The van der Waals surface area contributed by atoms with E-state index in [4.69, 9.17) is 4.74 Å². The number of amides is 1. The third-order valence-corrected chi connectivity index (χ3v) is 5.57. The van der Waals surface area contributed by atoms with Gasteiger partial charge >= 0.3 is 0 Å². The van der Waals surface area contributed by atoms with Crippen LogP contribution in [0.4, 0.5) is 24.7 Å². The van der Waals surface area contributed by atoms with Crippen molar-refractivity contribution < 1.29 is 27.8 Å². The van der Waals surface area contributed by atoms with E-state index in [-0.39, 0.29) is 30.3 Å². The molecule has 1 aromatic carbocycles. The summed E-state index contributed by atoms with van der Waals surface area (Å²) >= 11 is 0. The van der Waals surface area contributed by atoms with Crippen molar-refractivity contribution in [2.75, 3.05) is 23.9 Å². The van der Waals surface area contributed by atoms with Crippen molar-refractivity contribution in [3.8, 4) is 5.75 Å². The largest absolute Gasteiger partial charge is 0.490 e. The summed E-state index contributed by atoms with van der Waals surface area (Å²) < 4.78 is 45.2. The molecule has 0 unspecified atom stereocenters. The number of carbonyl (C=O) groups is 1. The topological polar surface area (TPSA) is 87.6 Å². The normalized spacial score (nSPS) is 22.9. The van der Waals surface area contributed by atoms with Crippen molar-refractivity contribution >= 4 is 17.4 Å². The van der Waals surface area contributed by atoms with E-state index in [0.717, 1.165) is 12.1 Å². The van der Waals surface area contributed by atoms with E-state index in [1.54, 1.807) is 18.9 Å². The van der Waals surface area contributed by atoms with Crippen molar-refractivity contribution in [3.05, 3.63) is 41.1 Å². The third kappa shape index (κ3) is 3.67. The minimum Gasteiger partial charge on any atom is -0.490 e. The van der Waals surface area contributed by atoms with Gasteiger partial charge in [-0.1, -0.05) is 0 Å². The van der Waals surface area contributed by atoms with Gasteiger partial charge in [0.25, 0.3) is 0 Å². The molecule has 1 saturated carbocycles. The van der Waals surface area contributed by atoms with Crippen molar-refractivity contribution in [3.63, 3.8) is 0 Å². The van der Waals surface area contributed by atoms with Crippen LogP contribution in [0.1, 0.15) is 24.4 Å². The zero-order chi connectivity index (χ0) is 21.6. The molecule has 4 rings (SSSR count). The number of ether oxygens (including phenoxy) is 1. The van der Waals surface area contributed by atoms with Crippen LogP contribution in [0.3, 0.4) is 0 Å². The first-order chi connectivity index (χ1) is 14.3. The number of aromatic nitrogens is 2. The summed E-state index contributed by atoms with van der Waals surface area (Å²) in [5, 5.41) is 12.2. The molecule has 2 heterocycles. The lowest BCUT2D eigenvalue weighted by atomic mass is 9.80. The number of hydrogen-bond donors (Lipinski definition) is 2. The van der Waals surface area contributed by atoms with Crippen LogP contribution in [-0.2, 0) is 11.2 Å². The van der Waals surface area contributed by atoms with Crippen LogP contribution >= 0.6 is 0 Å². The van der Waals surface area contributed by atoms with E-state index in [1.807, 2.05) is 0 Å². The predicted octanol–water partition coefficient (Wildman–Crippen LogP) is 2.35. The number of aliphatic hydroxyl groups excluding tert-OH is 1. The zero-order valence-corrected chi connectivity index (χ0v) is 16.5. The molecule has 160 valence electrons. The Morgan fingerprint density at radius 1 is 1.23 bits per heavy atom. The van der Waals surface area contributed by atoms with Crippen LogP contribution in [0.15, 0.2) is 12.1 Å². The van der Waals surface area contributed by atoms with Crippen molar-refractivity contribution in [1.29, 1.82) is 0 Å². The Morgan fingerprint density at radius 3 is 2.53 bits per heavy atom. The Morgan fingerprint density at radius 2 is 1.90 bits per heavy atom. The number of likely N-dealkylation sites (N-methyl/N-ethyl adjacent to an activating group) is 1. The zero-order valence-electron chi connectivity index (χ0n) is 16.5. The minimum atomic E-state index is -1.52. The van der Waals surface area contributed by atoms with E-state index in [9.17, 15) is 23.1 Å². The fourth-order valence-electron chi connectivity index (χ4n) is 3.83. The maximum absolute atomic E-state index is 13.3. The average Bonchev–Trinajstić information content (AvgIpc) is 2.65. The van der Waals surface area contributed by atoms with Gasteiger partial charge in [0, 0.05) is 25.6 Å². The highest BCUT2D eigenvalue weighted by Crippen LogP contribution is 2.36. The van der Waals surface area contributed by atoms with Gasteiger partial charge in [-0.2, -0.15) is 0 Å². The Kier molecular flexibility index (Phi) is 5.27. The fourth-order valence-corrected chi connectivity index (χ4v) is 3.83. The Bertz CT molecular complexity index is 974.